The molecule has 3 aromatic rings. The van der Waals surface area contributed by atoms with Crippen molar-refractivity contribution >= 4 is 16.9 Å². The Morgan fingerprint density at radius 1 is 1.35 bits per heavy atom. The summed E-state index contributed by atoms with van der Waals surface area (Å²) >= 11 is 0. The van der Waals surface area contributed by atoms with Gasteiger partial charge in [-0.05, 0) is 24.6 Å². The largest absolute Gasteiger partial charge is 0.477 e. The number of nitrogens with zero attached hydrogens (tertiary/aromatic N) is 3. The zero-order valence-electron chi connectivity index (χ0n) is 10.9. The molecule has 0 spiro atoms. The van der Waals surface area contributed by atoms with Gasteiger partial charge in [0.25, 0.3) is 0 Å². The van der Waals surface area contributed by atoms with E-state index >= 15 is 0 Å². The lowest BCUT2D eigenvalue weighted by Gasteiger charge is -2.09. The molecule has 0 fully saturated rings. The Bertz CT molecular complexity index is 778. The summed E-state index contributed by atoms with van der Waals surface area (Å²) in [6, 6.07) is 9.32. The minimum Gasteiger partial charge on any atom is -0.477 e. The van der Waals surface area contributed by atoms with Crippen LogP contribution in [0.3, 0.4) is 0 Å². The van der Waals surface area contributed by atoms with Crippen LogP contribution in [0.15, 0.2) is 42.9 Å². The van der Waals surface area contributed by atoms with Crippen LogP contribution in [0, 0.1) is 6.92 Å². The fourth-order valence-corrected chi connectivity index (χ4v) is 2.43. The topological polar surface area (TPSA) is 68.0 Å². The molecule has 0 saturated carbocycles. The highest BCUT2D eigenvalue weighted by Gasteiger charge is 2.16. The Morgan fingerprint density at radius 3 is 2.90 bits per heavy atom. The fraction of sp³-hybridized carbons (Fsp3) is 0.133. The van der Waals surface area contributed by atoms with Crippen molar-refractivity contribution in [1.29, 1.82) is 0 Å². The lowest BCUT2D eigenvalue weighted by atomic mass is 10.2. The van der Waals surface area contributed by atoms with E-state index < -0.39 is 5.97 Å². The molecule has 0 aliphatic heterocycles. The molecule has 0 bridgehead atoms. The maximum atomic E-state index is 11.4. The van der Waals surface area contributed by atoms with Crippen LogP contribution < -0.4 is 0 Å². The Hall–Kier alpha value is -2.69. The van der Waals surface area contributed by atoms with Gasteiger partial charge in [-0.15, -0.1) is 0 Å². The number of hydrogen-bond acceptors (Lipinski definition) is 3. The van der Waals surface area contributed by atoms with Gasteiger partial charge in [-0.25, -0.2) is 14.8 Å². The van der Waals surface area contributed by atoms with Crippen molar-refractivity contribution in [2.24, 2.45) is 0 Å². The Balaban J connectivity index is 2.21. The molecule has 0 aliphatic rings. The number of para-hydroxylation sites is 1. The monoisotopic (exact) mass is 267 g/mol. The molecule has 0 saturated heterocycles. The second-order valence-corrected chi connectivity index (χ2v) is 4.63. The van der Waals surface area contributed by atoms with Crippen LogP contribution in [0.2, 0.25) is 0 Å². The first kappa shape index (κ1) is 12.3. The third-order valence-corrected chi connectivity index (χ3v) is 3.30. The number of hydrogen-bond donors (Lipinski definition) is 1. The molecule has 3 rings (SSSR count). The fourth-order valence-electron chi connectivity index (χ4n) is 2.43. The van der Waals surface area contributed by atoms with Gasteiger partial charge in [0.05, 0.1) is 17.8 Å². The van der Waals surface area contributed by atoms with Gasteiger partial charge in [-0.3, -0.25) is 0 Å². The molecular formula is C15H13N3O2. The summed E-state index contributed by atoms with van der Waals surface area (Å²) in [5.74, 6) is -0.936. The number of aromatic carboxylic acids is 1. The van der Waals surface area contributed by atoms with Crippen molar-refractivity contribution in [3.8, 4) is 0 Å². The molecule has 2 aromatic heterocycles. The SMILES string of the molecule is Cc1cccc2cc(C(=O)O)n(Cc3ccncn3)c12. The standard InChI is InChI=1S/C15H13N3O2/c1-10-3-2-4-11-7-13(15(19)20)18(14(10)11)8-12-5-6-16-9-17-12/h2-7,9H,8H2,1H3,(H,19,20). The van der Waals surface area contributed by atoms with Gasteiger partial charge in [0.1, 0.15) is 12.0 Å². The predicted octanol–water partition coefficient (Wildman–Crippen LogP) is 2.49. The molecule has 20 heavy (non-hydrogen) atoms. The van der Waals surface area contributed by atoms with E-state index in [0.29, 0.717) is 6.54 Å². The van der Waals surface area contributed by atoms with Crippen LogP contribution in [0.1, 0.15) is 21.7 Å². The normalized spacial score (nSPS) is 10.8. The summed E-state index contributed by atoms with van der Waals surface area (Å²) in [6.07, 6.45) is 3.12. The smallest absolute Gasteiger partial charge is 0.352 e. The van der Waals surface area contributed by atoms with Gasteiger partial charge in [-0.1, -0.05) is 18.2 Å². The minimum absolute atomic E-state index is 0.271. The van der Waals surface area contributed by atoms with Crippen LogP contribution in [-0.4, -0.2) is 25.6 Å². The van der Waals surface area contributed by atoms with Crippen molar-refractivity contribution in [3.05, 3.63) is 59.8 Å². The van der Waals surface area contributed by atoms with Crippen LogP contribution >= 0.6 is 0 Å². The summed E-state index contributed by atoms with van der Waals surface area (Å²) in [4.78, 5) is 19.5. The molecule has 0 unspecified atom stereocenters. The van der Waals surface area contributed by atoms with Crippen molar-refractivity contribution in [2.45, 2.75) is 13.5 Å². The number of carbonyl (C=O) groups is 1. The van der Waals surface area contributed by atoms with E-state index in [0.717, 1.165) is 22.2 Å². The summed E-state index contributed by atoms with van der Waals surface area (Å²) in [5.41, 5.74) is 3.03. The maximum Gasteiger partial charge on any atom is 0.352 e. The predicted molar refractivity (Wildman–Crippen MR) is 74.8 cm³/mol. The second kappa shape index (κ2) is 4.77. The van der Waals surface area contributed by atoms with E-state index in [4.69, 9.17) is 0 Å². The molecule has 0 aliphatic carbocycles. The Labute approximate surface area is 115 Å². The summed E-state index contributed by atoms with van der Waals surface area (Å²) in [7, 11) is 0. The molecular weight excluding hydrogens is 254 g/mol. The molecule has 5 heteroatoms. The third-order valence-electron chi connectivity index (χ3n) is 3.30. The van der Waals surface area contributed by atoms with Gasteiger partial charge in [0.15, 0.2) is 0 Å². The average Bonchev–Trinajstić information content (AvgIpc) is 2.80. The van der Waals surface area contributed by atoms with E-state index in [1.807, 2.05) is 25.1 Å². The van der Waals surface area contributed by atoms with E-state index in [-0.39, 0.29) is 5.69 Å². The van der Waals surface area contributed by atoms with Crippen molar-refractivity contribution in [3.63, 3.8) is 0 Å². The van der Waals surface area contributed by atoms with Gasteiger partial charge in [0, 0.05) is 11.6 Å². The van der Waals surface area contributed by atoms with E-state index in [9.17, 15) is 9.90 Å². The molecule has 5 nitrogen and oxygen atoms in total. The zero-order chi connectivity index (χ0) is 14.1. The Kier molecular flexibility index (Phi) is 2.95. The van der Waals surface area contributed by atoms with Gasteiger partial charge < -0.3 is 9.67 Å². The number of rotatable bonds is 3. The summed E-state index contributed by atoms with van der Waals surface area (Å²) in [6.45, 7) is 2.39. The number of carboxylic acids is 1. The first-order valence-corrected chi connectivity index (χ1v) is 6.24. The van der Waals surface area contributed by atoms with Gasteiger partial charge >= 0.3 is 5.97 Å². The van der Waals surface area contributed by atoms with Crippen LogP contribution in [0.5, 0.6) is 0 Å². The van der Waals surface area contributed by atoms with E-state index in [1.54, 1.807) is 22.9 Å². The average molecular weight is 267 g/mol. The molecule has 0 radical (unpaired) electrons. The molecule has 100 valence electrons. The van der Waals surface area contributed by atoms with Crippen molar-refractivity contribution < 1.29 is 9.90 Å². The van der Waals surface area contributed by atoms with Gasteiger partial charge in [-0.2, -0.15) is 0 Å². The quantitative estimate of drug-likeness (QED) is 0.791. The lowest BCUT2D eigenvalue weighted by molar-refractivity contribution is 0.0686. The highest BCUT2D eigenvalue weighted by Crippen LogP contribution is 2.24. The second-order valence-electron chi connectivity index (χ2n) is 4.63. The molecule has 0 amide bonds. The van der Waals surface area contributed by atoms with E-state index in [1.165, 1.54) is 6.33 Å². The third kappa shape index (κ3) is 2.03. The molecule has 1 aromatic carbocycles. The Morgan fingerprint density at radius 2 is 2.20 bits per heavy atom. The first-order chi connectivity index (χ1) is 9.66. The maximum absolute atomic E-state index is 11.4. The van der Waals surface area contributed by atoms with Crippen LogP contribution in [0.25, 0.3) is 10.9 Å². The number of benzene rings is 1. The number of aromatic nitrogens is 3. The molecule has 1 N–H and O–H groups in total. The van der Waals surface area contributed by atoms with E-state index in [2.05, 4.69) is 9.97 Å². The highest BCUT2D eigenvalue weighted by molar-refractivity contribution is 5.95. The minimum atomic E-state index is -0.936. The molecule has 0 atom stereocenters. The van der Waals surface area contributed by atoms with Crippen LogP contribution in [-0.2, 0) is 6.54 Å². The van der Waals surface area contributed by atoms with Gasteiger partial charge in [0.2, 0.25) is 0 Å². The number of carboxylic acid groups (broad SMARTS) is 1. The zero-order valence-corrected chi connectivity index (χ0v) is 10.9. The number of aryl methyl sites for hydroxylation is 1. The van der Waals surface area contributed by atoms with Crippen LogP contribution in [0.4, 0.5) is 0 Å². The molecule has 2 heterocycles. The summed E-state index contributed by atoms with van der Waals surface area (Å²) < 4.78 is 1.79. The van der Waals surface area contributed by atoms with Crippen molar-refractivity contribution in [2.75, 3.05) is 0 Å². The van der Waals surface area contributed by atoms with Crippen molar-refractivity contribution in [1.82, 2.24) is 14.5 Å². The lowest BCUT2D eigenvalue weighted by Crippen LogP contribution is -2.10. The summed E-state index contributed by atoms with van der Waals surface area (Å²) in [5, 5.41) is 10.3. The first-order valence-electron chi connectivity index (χ1n) is 6.24. The highest BCUT2D eigenvalue weighted by atomic mass is 16.4. The number of fused-ring (bicyclic) bond motifs is 1.